The molecule has 0 radical (unpaired) electrons. The van der Waals surface area contributed by atoms with Gasteiger partial charge in [0.15, 0.2) is 0 Å². The predicted molar refractivity (Wildman–Crippen MR) is 56.4 cm³/mol. The lowest BCUT2D eigenvalue weighted by atomic mass is 10.1. The smallest absolute Gasteiger partial charge is 0.166 e. The van der Waals surface area contributed by atoms with Crippen molar-refractivity contribution < 1.29 is 13.2 Å². The summed E-state index contributed by atoms with van der Waals surface area (Å²) in [5, 5.41) is 0. The Morgan fingerprint density at radius 3 is 2.07 bits per heavy atom. The number of benzene rings is 1. The Morgan fingerprint density at radius 1 is 1.14 bits per heavy atom. The van der Waals surface area contributed by atoms with Crippen molar-refractivity contribution in [3.05, 3.63) is 32.2 Å². The van der Waals surface area contributed by atoms with Crippen LogP contribution in [0, 0.1) is 0 Å². The second-order valence-corrected chi connectivity index (χ2v) is 4.53. The molecule has 1 rings (SSSR count). The zero-order valence-corrected chi connectivity index (χ0v) is 10.6. The van der Waals surface area contributed by atoms with Crippen molar-refractivity contribution in [3.63, 3.8) is 0 Å². The van der Waals surface area contributed by atoms with Gasteiger partial charge in [0.2, 0.25) is 0 Å². The SMILES string of the molecule is FC(F)(F)c1cc(Br)c(Br)cc1CCl. The maximum Gasteiger partial charge on any atom is 0.416 e. The Balaban J connectivity index is 3.35. The summed E-state index contributed by atoms with van der Waals surface area (Å²) in [4.78, 5) is 0. The summed E-state index contributed by atoms with van der Waals surface area (Å²) in [6.45, 7) is 0. The monoisotopic (exact) mass is 350 g/mol. The lowest BCUT2D eigenvalue weighted by molar-refractivity contribution is -0.138. The molecular formula is C8H4Br2ClF3. The second-order valence-electron chi connectivity index (χ2n) is 2.55. The van der Waals surface area contributed by atoms with Gasteiger partial charge in [-0.05, 0) is 49.6 Å². The molecule has 14 heavy (non-hydrogen) atoms. The van der Waals surface area contributed by atoms with Crippen LogP contribution in [0.25, 0.3) is 0 Å². The molecule has 0 aromatic heterocycles. The van der Waals surface area contributed by atoms with Gasteiger partial charge in [-0.15, -0.1) is 11.6 Å². The molecule has 1 aromatic carbocycles. The molecule has 0 aliphatic rings. The third-order valence-electron chi connectivity index (χ3n) is 1.60. The van der Waals surface area contributed by atoms with Crippen LogP contribution in [0.4, 0.5) is 13.2 Å². The molecule has 0 saturated carbocycles. The first-order valence-corrected chi connectivity index (χ1v) is 5.59. The fraction of sp³-hybridized carbons (Fsp3) is 0.250. The number of hydrogen-bond acceptors (Lipinski definition) is 0. The van der Waals surface area contributed by atoms with Crippen molar-refractivity contribution >= 4 is 43.5 Å². The van der Waals surface area contributed by atoms with Crippen LogP contribution in [0.2, 0.25) is 0 Å². The van der Waals surface area contributed by atoms with Crippen molar-refractivity contribution in [1.29, 1.82) is 0 Å². The van der Waals surface area contributed by atoms with Crippen LogP contribution in [0.1, 0.15) is 11.1 Å². The molecule has 0 bridgehead atoms. The van der Waals surface area contributed by atoms with E-state index in [2.05, 4.69) is 31.9 Å². The van der Waals surface area contributed by atoms with E-state index in [1.54, 1.807) is 0 Å². The maximum absolute atomic E-state index is 12.5. The maximum atomic E-state index is 12.5. The van der Waals surface area contributed by atoms with Gasteiger partial charge in [-0.1, -0.05) is 0 Å². The highest BCUT2D eigenvalue weighted by Gasteiger charge is 2.33. The topological polar surface area (TPSA) is 0 Å². The van der Waals surface area contributed by atoms with E-state index in [4.69, 9.17) is 11.6 Å². The van der Waals surface area contributed by atoms with Gasteiger partial charge < -0.3 is 0 Å². The summed E-state index contributed by atoms with van der Waals surface area (Å²) in [6, 6.07) is 2.38. The first kappa shape index (κ1) is 12.3. The van der Waals surface area contributed by atoms with E-state index in [1.165, 1.54) is 6.07 Å². The average Bonchev–Trinajstić information content (AvgIpc) is 2.07. The van der Waals surface area contributed by atoms with Gasteiger partial charge in [0.05, 0.1) is 5.56 Å². The average molecular weight is 352 g/mol. The van der Waals surface area contributed by atoms with Crippen LogP contribution in [-0.4, -0.2) is 0 Å². The Morgan fingerprint density at radius 2 is 1.64 bits per heavy atom. The van der Waals surface area contributed by atoms with Crippen molar-refractivity contribution in [2.75, 3.05) is 0 Å². The van der Waals surface area contributed by atoms with Gasteiger partial charge >= 0.3 is 6.18 Å². The molecule has 0 aliphatic heterocycles. The van der Waals surface area contributed by atoms with E-state index >= 15 is 0 Å². The molecule has 0 saturated heterocycles. The fourth-order valence-electron chi connectivity index (χ4n) is 0.962. The molecule has 78 valence electrons. The highest BCUT2D eigenvalue weighted by atomic mass is 79.9. The van der Waals surface area contributed by atoms with Crippen molar-refractivity contribution in [2.45, 2.75) is 12.1 Å². The Labute approximate surface area is 101 Å². The zero-order chi connectivity index (χ0) is 10.9. The summed E-state index contributed by atoms with van der Waals surface area (Å²) in [7, 11) is 0. The van der Waals surface area contributed by atoms with Gasteiger partial charge in [0, 0.05) is 14.8 Å². The lowest BCUT2D eigenvalue weighted by Gasteiger charge is -2.12. The van der Waals surface area contributed by atoms with E-state index in [9.17, 15) is 13.2 Å². The van der Waals surface area contributed by atoms with E-state index in [0.717, 1.165) is 6.07 Å². The number of hydrogen-bond donors (Lipinski definition) is 0. The van der Waals surface area contributed by atoms with E-state index in [1.807, 2.05) is 0 Å². The lowest BCUT2D eigenvalue weighted by Crippen LogP contribution is -2.08. The third kappa shape index (κ3) is 2.64. The molecule has 0 fully saturated rings. The predicted octanol–water partition coefficient (Wildman–Crippen LogP) is 4.97. The summed E-state index contributed by atoms with van der Waals surface area (Å²) in [5.41, 5.74) is -0.642. The number of halogens is 6. The Bertz CT molecular complexity index is 349. The number of alkyl halides is 4. The van der Waals surface area contributed by atoms with Crippen molar-refractivity contribution in [1.82, 2.24) is 0 Å². The fourth-order valence-corrected chi connectivity index (χ4v) is 1.92. The molecule has 0 amide bonds. The number of rotatable bonds is 1. The van der Waals surface area contributed by atoms with Crippen LogP contribution in [0.3, 0.4) is 0 Å². The molecule has 0 aliphatic carbocycles. The van der Waals surface area contributed by atoms with Gasteiger partial charge in [-0.3, -0.25) is 0 Å². The Kier molecular flexibility index (Phi) is 3.88. The molecule has 0 heterocycles. The minimum absolute atomic E-state index is 0.0641. The van der Waals surface area contributed by atoms with E-state index in [0.29, 0.717) is 8.95 Å². The minimum atomic E-state index is -4.37. The molecule has 6 heteroatoms. The van der Waals surface area contributed by atoms with Crippen molar-refractivity contribution in [3.8, 4) is 0 Å². The van der Waals surface area contributed by atoms with Crippen LogP contribution in [0.15, 0.2) is 21.1 Å². The first-order chi connectivity index (χ1) is 6.36. The summed E-state index contributed by atoms with van der Waals surface area (Å²) in [6.07, 6.45) is -4.37. The highest BCUT2D eigenvalue weighted by molar-refractivity contribution is 9.13. The molecule has 0 N–H and O–H groups in total. The highest BCUT2D eigenvalue weighted by Crippen LogP contribution is 2.37. The van der Waals surface area contributed by atoms with Gasteiger partial charge in [0.1, 0.15) is 0 Å². The van der Waals surface area contributed by atoms with Gasteiger partial charge in [-0.2, -0.15) is 13.2 Å². The van der Waals surface area contributed by atoms with Crippen LogP contribution in [0.5, 0.6) is 0 Å². The molecule has 0 spiro atoms. The second kappa shape index (κ2) is 4.41. The standard InChI is InChI=1S/C8H4Br2ClF3/c9-6-1-4(3-11)5(2-7(6)10)8(12,13)14/h1-2H,3H2. The summed E-state index contributed by atoms with van der Waals surface area (Å²) in [5.74, 6) is -0.166. The summed E-state index contributed by atoms with van der Waals surface area (Å²) < 4.78 is 38.3. The molecule has 1 aromatic rings. The van der Waals surface area contributed by atoms with Gasteiger partial charge in [0.25, 0.3) is 0 Å². The molecule has 0 atom stereocenters. The summed E-state index contributed by atoms with van der Waals surface area (Å²) >= 11 is 11.6. The third-order valence-corrected chi connectivity index (χ3v) is 3.73. The largest absolute Gasteiger partial charge is 0.416 e. The first-order valence-electron chi connectivity index (χ1n) is 3.47. The van der Waals surface area contributed by atoms with Crippen LogP contribution in [-0.2, 0) is 12.1 Å². The van der Waals surface area contributed by atoms with E-state index < -0.39 is 11.7 Å². The van der Waals surface area contributed by atoms with Gasteiger partial charge in [-0.25, -0.2) is 0 Å². The minimum Gasteiger partial charge on any atom is -0.166 e. The van der Waals surface area contributed by atoms with Crippen LogP contribution < -0.4 is 0 Å². The zero-order valence-electron chi connectivity index (χ0n) is 6.63. The normalized spacial score (nSPS) is 11.9. The van der Waals surface area contributed by atoms with E-state index in [-0.39, 0.29) is 11.4 Å². The Hall–Kier alpha value is 0.260. The van der Waals surface area contributed by atoms with Crippen LogP contribution >= 0.6 is 43.5 Å². The van der Waals surface area contributed by atoms with Crippen molar-refractivity contribution in [2.24, 2.45) is 0 Å². The quantitative estimate of drug-likeness (QED) is 0.626. The molecule has 0 unspecified atom stereocenters. The molecule has 0 nitrogen and oxygen atoms in total. The molecular weight excluding hydrogens is 348 g/mol.